The van der Waals surface area contributed by atoms with Crippen LogP contribution in [-0.4, -0.2) is 12.3 Å². The average Bonchev–Trinajstić information content (AvgIpc) is 2.30. The van der Waals surface area contributed by atoms with E-state index in [9.17, 15) is 4.79 Å². The van der Waals surface area contributed by atoms with Gasteiger partial charge in [0.1, 0.15) is 0 Å². The van der Waals surface area contributed by atoms with Gasteiger partial charge in [-0.15, -0.1) is 12.3 Å². The molecule has 0 radical (unpaired) electrons. The number of Topliss-reactive ketones (excluding diaryl/α,β-unsaturated/α-hetero) is 1. The van der Waals surface area contributed by atoms with Gasteiger partial charge in [0.15, 0.2) is 5.78 Å². The molecule has 84 valence electrons. The van der Waals surface area contributed by atoms with E-state index in [4.69, 9.17) is 12.2 Å². The molecule has 2 heteroatoms. The lowest BCUT2D eigenvalue weighted by Crippen LogP contribution is -2.03. The first-order valence-corrected chi connectivity index (χ1v) is 5.53. The molecule has 0 aliphatic carbocycles. The largest absolute Gasteiger partial charge is 0.330 e. The van der Waals surface area contributed by atoms with Crippen LogP contribution >= 0.6 is 0 Å². The number of nitrogens with two attached hydrogens (primary N) is 1. The third kappa shape index (κ3) is 3.88. The molecular weight excluding hydrogens is 198 g/mol. The molecule has 1 aromatic rings. The highest BCUT2D eigenvalue weighted by Crippen LogP contribution is 2.09. The van der Waals surface area contributed by atoms with Crippen LogP contribution in [0.3, 0.4) is 0 Å². The van der Waals surface area contributed by atoms with Crippen LogP contribution < -0.4 is 5.73 Å². The van der Waals surface area contributed by atoms with Gasteiger partial charge in [0, 0.05) is 18.4 Å². The predicted octanol–water partition coefficient (Wildman–Crippen LogP) is 2.17. The molecule has 16 heavy (non-hydrogen) atoms. The molecule has 0 fully saturated rings. The lowest BCUT2D eigenvalue weighted by atomic mass is 10.0. The van der Waals surface area contributed by atoms with Crippen molar-refractivity contribution in [3.63, 3.8) is 0 Å². The first-order chi connectivity index (χ1) is 7.77. The Morgan fingerprint density at radius 2 is 2.00 bits per heavy atom. The Kier molecular flexibility index (Phi) is 5.31. The number of terminal acetylenes is 1. The quantitative estimate of drug-likeness (QED) is 0.449. The molecule has 0 atom stereocenters. The van der Waals surface area contributed by atoms with E-state index in [1.807, 2.05) is 24.3 Å². The molecule has 0 unspecified atom stereocenters. The number of rotatable bonds is 6. The van der Waals surface area contributed by atoms with Crippen LogP contribution in [0.5, 0.6) is 0 Å². The zero-order valence-corrected chi connectivity index (χ0v) is 9.41. The Bertz CT molecular complexity index is 373. The third-order valence-corrected chi connectivity index (χ3v) is 2.43. The highest BCUT2D eigenvalue weighted by Gasteiger charge is 2.04. The van der Waals surface area contributed by atoms with Crippen LogP contribution in [0, 0.1) is 12.3 Å². The summed E-state index contributed by atoms with van der Waals surface area (Å²) in [6.45, 7) is 0.634. The summed E-state index contributed by atoms with van der Waals surface area (Å²) < 4.78 is 0. The molecule has 0 aliphatic rings. The lowest BCUT2D eigenvalue weighted by Gasteiger charge is -2.02. The van der Waals surface area contributed by atoms with Gasteiger partial charge in [0.05, 0.1) is 0 Å². The molecule has 0 heterocycles. The van der Waals surface area contributed by atoms with Crippen LogP contribution in [0.4, 0.5) is 0 Å². The second-order valence-corrected chi connectivity index (χ2v) is 3.72. The topological polar surface area (TPSA) is 43.1 Å². The molecule has 0 saturated carbocycles. The Morgan fingerprint density at radius 1 is 1.31 bits per heavy atom. The molecule has 0 spiro atoms. The SMILES string of the molecule is C#CCCCC(=O)c1ccc(CCN)cc1. The van der Waals surface area contributed by atoms with Crippen molar-refractivity contribution < 1.29 is 4.79 Å². The van der Waals surface area contributed by atoms with Crippen molar-refractivity contribution >= 4 is 5.78 Å². The second kappa shape index (κ2) is 6.81. The summed E-state index contributed by atoms with van der Waals surface area (Å²) in [6, 6.07) is 7.65. The predicted molar refractivity (Wildman–Crippen MR) is 66.2 cm³/mol. The normalized spacial score (nSPS) is 9.75. The summed E-state index contributed by atoms with van der Waals surface area (Å²) in [7, 11) is 0. The van der Waals surface area contributed by atoms with E-state index in [0.29, 0.717) is 19.4 Å². The van der Waals surface area contributed by atoms with Crippen LogP contribution in [-0.2, 0) is 6.42 Å². The van der Waals surface area contributed by atoms with E-state index in [1.165, 1.54) is 5.56 Å². The van der Waals surface area contributed by atoms with Crippen LogP contribution in [0.2, 0.25) is 0 Å². The van der Waals surface area contributed by atoms with Crippen molar-refractivity contribution in [2.24, 2.45) is 5.73 Å². The molecule has 1 rings (SSSR count). The van der Waals surface area contributed by atoms with Gasteiger partial charge in [-0.25, -0.2) is 0 Å². The molecule has 0 saturated heterocycles. The van der Waals surface area contributed by atoms with E-state index in [-0.39, 0.29) is 5.78 Å². The monoisotopic (exact) mass is 215 g/mol. The van der Waals surface area contributed by atoms with Gasteiger partial charge in [-0.05, 0) is 24.9 Å². The van der Waals surface area contributed by atoms with Gasteiger partial charge in [-0.2, -0.15) is 0 Å². The van der Waals surface area contributed by atoms with Gasteiger partial charge < -0.3 is 5.73 Å². The first-order valence-electron chi connectivity index (χ1n) is 5.53. The Hall–Kier alpha value is -1.59. The Morgan fingerprint density at radius 3 is 2.56 bits per heavy atom. The summed E-state index contributed by atoms with van der Waals surface area (Å²) in [6.07, 6.45) is 7.94. The molecule has 0 aliphatic heterocycles. The summed E-state index contributed by atoms with van der Waals surface area (Å²) in [5.74, 6) is 2.70. The molecule has 0 amide bonds. The molecule has 2 N–H and O–H groups in total. The van der Waals surface area contributed by atoms with E-state index in [2.05, 4.69) is 5.92 Å². The van der Waals surface area contributed by atoms with Crippen molar-refractivity contribution in [3.8, 4) is 12.3 Å². The number of benzene rings is 1. The van der Waals surface area contributed by atoms with E-state index in [1.54, 1.807) is 0 Å². The Balaban J connectivity index is 2.53. The number of hydrogen-bond donors (Lipinski definition) is 1. The number of carbonyl (C=O) groups excluding carboxylic acids is 1. The third-order valence-electron chi connectivity index (χ3n) is 2.43. The molecule has 1 aromatic carbocycles. The zero-order valence-electron chi connectivity index (χ0n) is 9.41. The van der Waals surface area contributed by atoms with E-state index >= 15 is 0 Å². The molecular formula is C14H17NO. The second-order valence-electron chi connectivity index (χ2n) is 3.72. The number of carbonyl (C=O) groups is 1. The minimum Gasteiger partial charge on any atom is -0.330 e. The average molecular weight is 215 g/mol. The molecule has 0 aromatic heterocycles. The highest BCUT2D eigenvalue weighted by atomic mass is 16.1. The van der Waals surface area contributed by atoms with Crippen molar-refractivity contribution in [1.82, 2.24) is 0 Å². The van der Waals surface area contributed by atoms with Crippen molar-refractivity contribution in [2.75, 3.05) is 6.54 Å². The fourth-order valence-corrected chi connectivity index (χ4v) is 1.52. The van der Waals surface area contributed by atoms with Crippen LogP contribution in [0.1, 0.15) is 35.2 Å². The van der Waals surface area contributed by atoms with Crippen LogP contribution in [0.25, 0.3) is 0 Å². The van der Waals surface area contributed by atoms with Gasteiger partial charge in [-0.3, -0.25) is 4.79 Å². The fraction of sp³-hybridized carbons (Fsp3) is 0.357. The Labute approximate surface area is 96.9 Å². The van der Waals surface area contributed by atoms with Crippen molar-refractivity contribution in [3.05, 3.63) is 35.4 Å². The minimum absolute atomic E-state index is 0.162. The summed E-state index contributed by atoms with van der Waals surface area (Å²) >= 11 is 0. The summed E-state index contributed by atoms with van der Waals surface area (Å²) in [5, 5.41) is 0. The number of unbranched alkanes of at least 4 members (excludes halogenated alkanes) is 1. The first kappa shape index (κ1) is 12.5. The number of hydrogen-bond acceptors (Lipinski definition) is 2. The zero-order chi connectivity index (χ0) is 11.8. The smallest absolute Gasteiger partial charge is 0.162 e. The lowest BCUT2D eigenvalue weighted by molar-refractivity contribution is 0.0980. The van der Waals surface area contributed by atoms with Gasteiger partial charge >= 0.3 is 0 Å². The van der Waals surface area contributed by atoms with Crippen molar-refractivity contribution in [1.29, 1.82) is 0 Å². The van der Waals surface area contributed by atoms with Gasteiger partial charge in [0.2, 0.25) is 0 Å². The molecule has 2 nitrogen and oxygen atoms in total. The maximum atomic E-state index is 11.7. The summed E-state index contributed by atoms with van der Waals surface area (Å²) in [5.41, 5.74) is 7.38. The van der Waals surface area contributed by atoms with Crippen molar-refractivity contribution in [2.45, 2.75) is 25.7 Å². The maximum absolute atomic E-state index is 11.7. The van der Waals surface area contributed by atoms with E-state index < -0.39 is 0 Å². The molecule has 0 bridgehead atoms. The van der Waals surface area contributed by atoms with E-state index in [0.717, 1.165) is 18.4 Å². The maximum Gasteiger partial charge on any atom is 0.162 e. The minimum atomic E-state index is 0.162. The highest BCUT2D eigenvalue weighted by molar-refractivity contribution is 5.96. The standard InChI is InChI=1S/C14H17NO/c1-2-3-4-5-14(16)13-8-6-12(7-9-13)10-11-15/h1,6-9H,3-5,10-11,15H2. The fourth-order valence-electron chi connectivity index (χ4n) is 1.52. The number of ketones is 1. The van der Waals surface area contributed by atoms with Crippen LogP contribution in [0.15, 0.2) is 24.3 Å². The van der Waals surface area contributed by atoms with Gasteiger partial charge in [0.25, 0.3) is 0 Å². The summed E-state index contributed by atoms with van der Waals surface area (Å²) in [4.78, 5) is 11.7. The van der Waals surface area contributed by atoms with Gasteiger partial charge in [-0.1, -0.05) is 24.3 Å².